The van der Waals surface area contributed by atoms with E-state index in [0.29, 0.717) is 16.5 Å². The standard InChI is InChI=1S/C22H24Cl2N2O2S/c1-4-11-26-17-9-10-25-21(13(2)3)20(17)22(18(26)7-8-19(27)28)29-14-5-6-15(23)16(24)12-14/h5-6,9-10,12-13H,4,7-8,11H2,1-3H3,(H,27,28). The van der Waals surface area contributed by atoms with Crippen molar-refractivity contribution in [3.8, 4) is 0 Å². The van der Waals surface area contributed by atoms with Gasteiger partial charge in [0.2, 0.25) is 0 Å². The van der Waals surface area contributed by atoms with Gasteiger partial charge >= 0.3 is 5.97 Å². The third kappa shape index (κ3) is 4.73. The second-order valence-corrected chi connectivity index (χ2v) is 9.14. The number of carboxylic acid groups (broad SMARTS) is 1. The molecule has 0 spiro atoms. The van der Waals surface area contributed by atoms with Crippen LogP contribution >= 0.6 is 35.0 Å². The van der Waals surface area contributed by atoms with Crippen LogP contribution in [0.3, 0.4) is 0 Å². The van der Waals surface area contributed by atoms with E-state index in [9.17, 15) is 9.90 Å². The van der Waals surface area contributed by atoms with Gasteiger partial charge in [0.25, 0.3) is 0 Å². The maximum absolute atomic E-state index is 11.3. The number of aliphatic carboxylic acids is 1. The highest BCUT2D eigenvalue weighted by molar-refractivity contribution is 7.99. The summed E-state index contributed by atoms with van der Waals surface area (Å²) in [5, 5.41) is 11.4. The number of fused-ring (bicyclic) bond motifs is 1. The fourth-order valence-electron chi connectivity index (χ4n) is 3.50. The van der Waals surface area contributed by atoms with Crippen molar-refractivity contribution in [2.75, 3.05) is 0 Å². The Morgan fingerprint density at radius 3 is 2.62 bits per heavy atom. The molecule has 0 amide bonds. The number of aryl methyl sites for hydroxylation is 1. The minimum absolute atomic E-state index is 0.0827. The van der Waals surface area contributed by atoms with Crippen LogP contribution in [0.15, 0.2) is 40.3 Å². The molecule has 0 radical (unpaired) electrons. The highest BCUT2D eigenvalue weighted by Gasteiger charge is 2.23. The third-order valence-corrected chi connectivity index (χ3v) is 6.62. The van der Waals surface area contributed by atoms with Gasteiger partial charge in [-0.05, 0) is 43.0 Å². The van der Waals surface area contributed by atoms with Crippen LogP contribution in [-0.2, 0) is 17.8 Å². The minimum Gasteiger partial charge on any atom is -0.481 e. The number of pyridine rings is 1. The highest BCUT2D eigenvalue weighted by Crippen LogP contribution is 2.43. The lowest BCUT2D eigenvalue weighted by atomic mass is 10.1. The van der Waals surface area contributed by atoms with Gasteiger partial charge in [-0.2, -0.15) is 0 Å². The Morgan fingerprint density at radius 2 is 2.00 bits per heavy atom. The molecule has 154 valence electrons. The molecule has 0 aliphatic heterocycles. The number of benzene rings is 1. The largest absolute Gasteiger partial charge is 0.481 e. The van der Waals surface area contributed by atoms with Crippen molar-refractivity contribution in [1.82, 2.24) is 9.55 Å². The van der Waals surface area contributed by atoms with Gasteiger partial charge < -0.3 is 9.67 Å². The predicted octanol–water partition coefficient (Wildman–Crippen LogP) is 7.04. The topological polar surface area (TPSA) is 55.1 Å². The molecule has 3 aromatic rings. The van der Waals surface area contributed by atoms with Crippen LogP contribution in [0.4, 0.5) is 0 Å². The molecule has 0 saturated heterocycles. The molecule has 3 rings (SSSR count). The summed E-state index contributed by atoms with van der Waals surface area (Å²) in [6, 6.07) is 7.61. The maximum Gasteiger partial charge on any atom is 0.303 e. The van der Waals surface area contributed by atoms with Crippen molar-refractivity contribution >= 4 is 51.8 Å². The van der Waals surface area contributed by atoms with Crippen LogP contribution in [0.5, 0.6) is 0 Å². The zero-order chi connectivity index (χ0) is 21.1. The molecular formula is C22H24Cl2N2O2S. The van der Waals surface area contributed by atoms with Crippen LogP contribution in [-0.4, -0.2) is 20.6 Å². The average Bonchev–Trinajstić information content (AvgIpc) is 2.96. The lowest BCUT2D eigenvalue weighted by Gasteiger charge is -2.11. The number of aromatic nitrogens is 2. The average molecular weight is 451 g/mol. The summed E-state index contributed by atoms with van der Waals surface area (Å²) in [5.74, 6) is -0.553. The zero-order valence-corrected chi connectivity index (χ0v) is 19.0. The maximum atomic E-state index is 11.3. The summed E-state index contributed by atoms with van der Waals surface area (Å²) >= 11 is 13.9. The first-order chi connectivity index (χ1) is 13.8. The van der Waals surface area contributed by atoms with Gasteiger partial charge in [0.1, 0.15) is 0 Å². The normalized spacial score (nSPS) is 11.5. The van der Waals surface area contributed by atoms with Crippen LogP contribution in [0.2, 0.25) is 10.0 Å². The molecular weight excluding hydrogens is 427 g/mol. The molecule has 4 nitrogen and oxygen atoms in total. The summed E-state index contributed by atoms with van der Waals surface area (Å²) in [6.45, 7) is 7.21. The molecule has 2 heterocycles. The van der Waals surface area contributed by atoms with E-state index in [4.69, 9.17) is 23.2 Å². The molecule has 0 aliphatic carbocycles. The van der Waals surface area contributed by atoms with Crippen LogP contribution in [0.25, 0.3) is 10.9 Å². The summed E-state index contributed by atoms with van der Waals surface area (Å²) in [6.07, 6.45) is 3.35. The van der Waals surface area contributed by atoms with E-state index in [1.165, 1.54) is 0 Å². The third-order valence-electron chi connectivity index (χ3n) is 4.74. The zero-order valence-electron chi connectivity index (χ0n) is 16.7. The number of nitrogens with zero attached hydrogens (tertiary/aromatic N) is 2. The van der Waals surface area contributed by atoms with E-state index >= 15 is 0 Å². The first-order valence-electron chi connectivity index (χ1n) is 9.68. The molecule has 2 aromatic heterocycles. The molecule has 29 heavy (non-hydrogen) atoms. The van der Waals surface area contributed by atoms with Gasteiger partial charge in [0.15, 0.2) is 0 Å². The number of hydrogen-bond acceptors (Lipinski definition) is 3. The molecule has 0 unspecified atom stereocenters. The molecule has 0 atom stereocenters. The molecule has 0 saturated carbocycles. The number of carboxylic acids is 1. The van der Waals surface area contributed by atoms with Gasteiger partial charge in [-0.3, -0.25) is 9.78 Å². The SMILES string of the molecule is CCCn1c(CCC(=O)O)c(Sc2ccc(Cl)c(Cl)c2)c2c(C(C)C)nccc21. The summed E-state index contributed by atoms with van der Waals surface area (Å²) < 4.78 is 2.26. The van der Waals surface area contributed by atoms with Gasteiger partial charge in [0, 0.05) is 33.6 Å². The lowest BCUT2D eigenvalue weighted by Crippen LogP contribution is -2.06. The Bertz CT molecular complexity index is 1050. The highest BCUT2D eigenvalue weighted by atomic mass is 35.5. The van der Waals surface area contributed by atoms with Crippen molar-refractivity contribution in [3.63, 3.8) is 0 Å². The molecule has 0 fully saturated rings. The van der Waals surface area contributed by atoms with Crippen LogP contribution < -0.4 is 0 Å². The lowest BCUT2D eigenvalue weighted by molar-refractivity contribution is -0.137. The fraction of sp³-hybridized carbons (Fsp3) is 0.364. The quantitative estimate of drug-likeness (QED) is 0.399. The van der Waals surface area contributed by atoms with E-state index in [1.54, 1.807) is 17.8 Å². The fourth-order valence-corrected chi connectivity index (χ4v) is 5.05. The van der Waals surface area contributed by atoms with Crippen LogP contribution in [0, 0.1) is 0 Å². The van der Waals surface area contributed by atoms with Crippen molar-refractivity contribution < 1.29 is 9.90 Å². The second kappa shape index (κ2) is 9.41. The van der Waals surface area contributed by atoms with Gasteiger partial charge in [-0.1, -0.05) is 55.7 Å². The van der Waals surface area contributed by atoms with E-state index < -0.39 is 5.97 Å². The first-order valence-corrected chi connectivity index (χ1v) is 11.2. The second-order valence-electron chi connectivity index (χ2n) is 7.24. The van der Waals surface area contributed by atoms with Gasteiger partial charge in [0.05, 0.1) is 27.7 Å². The first kappa shape index (κ1) is 22.0. The molecule has 1 N–H and O–H groups in total. The summed E-state index contributed by atoms with van der Waals surface area (Å²) in [5.41, 5.74) is 3.17. The number of carbonyl (C=O) groups is 1. The number of hydrogen-bond donors (Lipinski definition) is 1. The van der Waals surface area contributed by atoms with Gasteiger partial charge in [-0.25, -0.2) is 0 Å². The van der Waals surface area contributed by atoms with E-state index in [0.717, 1.165) is 45.0 Å². The Kier molecular flexibility index (Phi) is 7.14. The number of halogens is 2. The van der Waals surface area contributed by atoms with E-state index in [-0.39, 0.29) is 12.3 Å². The molecule has 1 aromatic carbocycles. The smallest absolute Gasteiger partial charge is 0.303 e. The predicted molar refractivity (Wildman–Crippen MR) is 121 cm³/mol. The van der Waals surface area contributed by atoms with Gasteiger partial charge in [-0.15, -0.1) is 0 Å². The van der Waals surface area contributed by atoms with E-state index in [1.807, 2.05) is 24.4 Å². The Balaban J connectivity index is 2.25. The molecule has 7 heteroatoms. The Hall–Kier alpha value is -1.69. The summed E-state index contributed by atoms with van der Waals surface area (Å²) in [4.78, 5) is 18.0. The van der Waals surface area contributed by atoms with Crippen molar-refractivity contribution in [3.05, 3.63) is 51.9 Å². The van der Waals surface area contributed by atoms with Crippen LogP contribution in [0.1, 0.15) is 50.9 Å². The minimum atomic E-state index is -0.800. The Labute approximate surface area is 185 Å². The Morgan fingerprint density at radius 1 is 1.24 bits per heavy atom. The number of rotatable bonds is 8. The monoisotopic (exact) mass is 450 g/mol. The van der Waals surface area contributed by atoms with Crippen molar-refractivity contribution in [2.45, 2.75) is 62.3 Å². The molecule has 0 aliphatic rings. The van der Waals surface area contributed by atoms with Crippen molar-refractivity contribution in [1.29, 1.82) is 0 Å². The summed E-state index contributed by atoms with van der Waals surface area (Å²) in [7, 11) is 0. The molecule has 0 bridgehead atoms. The van der Waals surface area contributed by atoms with E-state index in [2.05, 4.69) is 30.3 Å². The van der Waals surface area contributed by atoms with Crippen molar-refractivity contribution in [2.24, 2.45) is 0 Å².